The van der Waals surface area contributed by atoms with Gasteiger partial charge in [-0.05, 0) is 53.3 Å². The molecule has 2 aromatic heterocycles. The molecule has 0 radical (unpaired) electrons. The third-order valence-corrected chi connectivity index (χ3v) is 7.41. The molecule has 1 fully saturated rings. The minimum Gasteiger partial charge on any atom is -0.379 e. The molecule has 8 heteroatoms. The highest BCUT2D eigenvalue weighted by Gasteiger charge is 2.13. The van der Waals surface area contributed by atoms with Gasteiger partial charge in [0.25, 0.3) is 5.91 Å². The normalized spacial score (nSPS) is 14.6. The average molecular weight is 502 g/mol. The number of carbonyl (C=O) groups excluding carboxylic acids is 1. The van der Waals surface area contributed by atoms with Crippen molar-refractivity contribution in [1.82, 2.24) is 20.4 Å². The fourth-order valence-corrected chi connectivity index (χ4v) is 5.15. The predicted octanol–water partition coefficient (Wildman–Crippen LogP) is 4.78. The Balaban J connectivity index is 1.32. The SMILES string of the molecule is Cc1ccsc1C(=O)Nc1cc(CNCCN2CCOCC2)ccc1/C=C/c1n[nH]c2ccccc12. The third-order valence-electron chi connectivity index (χ3n) is 6.39. The van der Waals surface area contributed by atoms with Gasteiger partial charge in [-0.2, -0.15) is 5.10 Å². The fraction of sp³-hybridized carbons (Fsp3) is 0.286. The number of aromatic nitrogens is 2. The number of hydrogen-bond acceptors (Lipinski definition) is 6. The molecule has 3 heterocycles. The van der Waals surface area contributed by atoms with E-state index in [1.165, 1.54) is 11.3 Å². The molecule has 1 aliphatic heterocycles. The van der Waals surface area contributed by atoms with Crippen molar-refractivity contribution < 1.29 is 9.53 Å². The monoisotopic (exact) mass is 501 g/mol. The Hall–Kier alpha value is -3.30. The highest BCUT2D eigenvalue weighted by molar-refractivity contribution is 7.12. The van der Waals surface area contributed by atoms with Crippen LogP contribution in [-0.2, 0) is 11.3 Å². The molecule has 0 unspecified atom stereocenters. The van der Waals surface area contributed by atoms with Crippen LogP contribution in [0.5, 0.6) is 0 Å². The van der Waals surface area contributed by atoms with Crippen LogP contribution in [-0.4, -0.2) is 60.4 Å². The molecule has 2 aromatic carbocycles. The lowest BCUT2D eigenvalue weighted by atomic mass is 10.1. The Labute approximate surface area is 215 Å². The van der Waals surface area contributed by atoms with Crippen molar-refractivity contribution in [2.45, 2.75) is 13.5 Å². The summed E-state index contributed by atoms with van der Waals surface area (Å²) in [6.07, 6.45) is 4.00. The molecule has 3 N–H and O–H groups in total. The number of anilines is 1. The van der Waals surface area contributed by atoms with E-state index in [0.29, 0.717) is 0 Å². The van der Waals surface area contributed by atoms with E-state index in [9.17, 15) is 4.79 Å². The van der Waals surface area contributed by atoms with Gasteiger partial charge in [0.05, 0.1) is 29.3 Å². The first-order valence-corrected chi connectivity index (χ1v) is 13.2. The smallest absolute Gasteiger partial charge is 0.266 e. The maximum absolute atomic E-state index is 13.0. The van der Waals surface area contributed by atoms with Gasteiger partial charge in [0.15, 0.2) is 0 Å². The van der Waals surface area contributed by atoms with Crippen molar-refractivity contribution in [3.05, 3.63) is 81.2 Å². The van der Waals surface area contributed by atoms with Gasteiger partial charge in [0.1, 0.15) is 0 Å². The van der Waals surface area contributed by atoms with Crippen molar-refractivity contribution in [2.24, 2.45) is 0 Å². The van der Waals surface area contributed by atoms with Crippen molar-refractivity contribution in [3.8, 4) is 0 Å². The molecule has 7 nitrogen and oxygen atoms in total. The van der Waals surface area contributed by atoms with E-state index in [1.807, 2.05) is 54.8 Å². The number of nitrogens with one attached hydrogen (secondary N) is 3. The molecule has 186 valence electrons. The third kappa shape index (κ3) is 5.91. The van der Waals surface area contributed by atoms with E-state index >= 15 is 0 Å². The summed E-state index contributed by atoms with van der Waals surface area (Å²) in [6.45, 7) is 8.22. The number of benzene rings is 2. The second-order valence-electron chi connectivity index (χ2n) is 8.93. The lowest BCUT2D eigenvalue weighted by molar-refractivity contribution is 0.0384. The quantitative estimate of drug-likeness (QED) is 0.288. The van der Waals surface area contributed by atoms with E-state index < -0.39 is 0 Å². The minimum atomic E-state index is -0.0835. The first-order chi connectivity index (χ1) is 17.7. The summed E-state index contributed by atoms with van der Waals surface area (Å²) in [4.78, 5) is 16.2. The summed E-state index contributed by atoms with van der Waals surface area (Å²) in [6, 6.07) is 16.2. The van der Waals surface area contributed by atoms with Gasteiger partial charge < -0.3 is 15.4 Å². The summed E-state index contributed by atoms with van der Waals surface area (Å²) in [5.41, 5.74) is 5.69. The molecule has 1 saturated heterocycles. The second-order valence-corrected chi connectivity index (χ2v) is 9.84. The Kier molecular flexibility index (Phi) is 7.88. The van der Waals surface area contributed by atoms with Gasteiger partial charge in [-0.3, -0.25) is 14.8 Å². The summed E-state index contributed by atoms with van der Waals surface area (Å²) in [5, 5.41) is 17.2. The summed E-state index contributed by atoms with van der Waals surface area (Å²) < 4.78 is 5.42. The van der Waals surface area contributed by atoms with Crippen molar-refractivity contribution in [3.63, 3.8) is 0 Å². The van der Waals surface area contributed by atoms with Crippen LogP contribution >= 0.6 is 11.3 Å². The number of aromatic amines is 1. The zero-order chi connectivity index (χ0) is 24.7. The standard InChI is InChI=1S/C28H31N5O2S/c1-20-10-17-36-27(20)28(34)30-26-18-21(19-29-11-12-33-13-15-35-16-14-33)6-7-22(26)8-9-25-23-4-2-3-5-24(23)31-32-25/h2-10,17-18,29H,11-16,19H2,1H3,(H,30,34)(H,31,32)/b9-8+. The number of carbonyl (C=O) groups is 1. The lowest BCUT2D eigenvalue weighted by Gasteiger charge is -2.26. The number of H-pyrrole nitrogens is 1. The summed E-state index contributed by atoms with van der Waals surface area (Å²) in [7, 11) is 0. The number of fused-ring (bicyclic) bond motifs is 1. The number of thiophene rings is 1. The van der Waals surface area contributed by atoms with E-state index in [4.69, 9.17) is 4.74 Å². The Bertz CT molecular complexity index is 1350. The van der Waals surface area contributed by atoms with Gasteiger partial charge in [-0.25, -0.2) is 0 Å². The van der Waals surface area contributed by atoms with E-state index in [-0.39, 0.29) is 5.91 Å². The van der Waals surface area contributed by atoms with Gasteiger partial charge >= 0.3 is 0 Å². The van der Waals surface area contributed by atoms with Crippen LogP contribution in [0.25, 0.3) is 23.1 Å². The van der Waals surface area contributed by atoms with Gasteiger partial charge in [-0.15, -0.1) is 11.3 Å². The van der Waals surface area contributed by atoms with Crippen LogP contribution in [0, 0.1) is 6.92 Å². The van der Waals surface area contributed by atoms with Crippen molar-refractivity contribution >= 4 is 46.0 Å². The highest BCUT2D eigenvalue weighted by atomic mass is 32.1. The Morgan fingerprint density at radius 3 is 2.86 bits per heavy atom. The maximum atomic E-state index is 13.0. The number of aryl methyl sites for hydroxylation is 1. The molecule has 4 aromatic rings. The number of para-hydroxylation sites is 1. The highest BCUT2D eigenvalue weighted by Crippen LogP contribution is 2.25. The molecule has 0 saturated carbocycles. The number of hydrogen-bond donors (Lipinski definition) is 3. The number of amides is 1. The zero-order valence-electron chi connectivity index (χ0n) is 20.4. The minimum absolute atomic E-state index is 0.0835. The summed E-state index contributed by atoms with van der Waals surface area (Å²) in [5.74, 6) is -0.0835. The first-order valence-electron chi connectivity index (χ1n) is 12.3. The lowest BCUT2D eigenvalue weighted by Crippen LogP contribution is -2.40. The molecule has 0 aliphatic carbocycles. The predicted molar refractivity (Wildman–Crippen MR) is 147 cm³/mol. The van der Waals surface area contributed by atoms with Crippen molar-refractivity contribution in [2.75, 3.05) is 44.7 Å². The van der Waals surface area contributed by atoms with Crippen LogP contribution < -0.4 is 10.6 Å². The Morgan fingerprint density at radius 2 is 2.03 bits per heavy atom. The number of rotatable bonds is 9. The van der Waals surface area contributed by atoms with Crippen LogP contribution in [0.3, 0.4) is 0 Å². The molecule has 0 spiro atoms. The van der Waals surface area contributed by atoms with E-state index in [2.05, 4.69) is 43.9 Å². The number of morpholine rings is 1. The number of ether oxygens (including phenoxy) is 1. The van der Waals surface area contributed by atoms with Gasteiger partial charge in [0.2, 0.25) is 0 Å². The maximum Gasteiger partial charge on any atom is 0.266 e. The fourth-order valence-electron chi connectivity index (χ4n) is 4.33. The topological polar surface area (TPSA) is 82.3 Å². The van der Waals surface area contributed by atoms with E-state index in [1.54, 1.807) is 0 Å². The zero-order valence-corrected chi connectivity index (χ0v) is 21.2. The molecule has 0 bridgehead atoms. The summed E-state index contributed by atoms with van der Waals surface area (Å²) >= 11 is 1.46. The molecule has 5 rings (SSSR count). The molecule has 1 aliphatic rings. The van der Waals surface area contributed by atoms with Gasteiger partial charge in [0, 0.05) is 43.8 Å². The van der Waals surface area contributed by atoms with Crippen LogP contribution in [0.4, 0.5) is 5.69 Å². The molecule has 0 atom stereocenters. The van der Waals surface area contributed by atoms with Crippen LogP contribution in [0.2, 0.25) is 0 Å². The largest absolute Gasteiger partial charge is 0.379 e. The van der Waals surface area contributed by atoms with Crippen LogP contribution in [0.15, 0.2) is 53.9 Å². The first kappa shape index (κ1) is 24.4. The molecular weight excluding hydrogens is 470 g/mol. The average Bonchev–Trinajstić information content (AvgIpc) is 3.53. The van der Waals surface area contributed by atoms with E-state index in [0.717, 1.165) is 89.8 Å². The molecule has 36 heavy (non-hydrogen) atoms. The second kappa shape index (κ2) is 11.6. The molecule has 1 amide bonds. The number of nitrogens with zero attached hydrogens (tertiary/aromatic N) is 2. The van der Waals surface area contributed by atoms with Gasteiger partial charge in [-0.1, -0.05) is 36.4 Å². The van der Waals surface area contributed by atoms with Crippen LogP contribution in [0.1, 0.15) is 32.1 Å². The van der Waals surface area contributed by atoms with Crippen molar-refractivity contribution in [1.29, 1.82) is 0 Å². The molecular formula is C28H31N5O2S. The Morgan fingerprint density at radius 1 is 1.17 bits per heavy atom.